The molecular weight excluding hydrogens is 417 g/mol. The summed E-state index contributed by atoms with van der Waals surface area (Å²) in [6.07, 6.45) is 0.0671. The van der Waals surface area contributed by atoms with Gasteiger partial charge in [-0.05, 0) is 35.9 Å². The molecule has 0 heterocycles. The number of carbonyl (C=O) groups is 3. The van der Waals surface area contributed by atoms with Gasteiger partial charge in [0, 0.05) is 16.5 Å². The summed E-state index contributed by atoms with van der Waals surface area (Å²) in [5.41, 5.74) is 0.724. The highest BCUT2D eigenvalue weighted by Gasteiger charge is 2.21. The first-order valence-corrected chi connectivity index (χ1v) is 9.10. The lowest BCUT2D eigenvalue weighted by Crippen LogP contribution is -2.30. The molecule has 0 aromatic heterocycles. The lowest BCUT2D eigenvalue weighted by Gasteiger charge is -2.18. The van der Waals surface area contributed by atoms with Gasteiger partial charge in [-0.1, -0.05) is 35.0 Å². The first-order chi connectivity index (χ1) is 12.8. The molecule has 1 N–H and O–H groups in total. The number of carbonyl (C=O) groups excluding carboxylic acids is 3. The molecule has 2 aromatic rings. The van der Waals surface area contributed by atoms with E-state index in [-0.39, 0.29) is 29.8 Å². The van der Waals surface area contributed by atoms with Crippen LogP contribution in [0.5, 0.6) is 0 Å². The van der Waals surface area contributed by atoms with Crippen LogP contribution in [0.25, 0.3) is 0 Å². The molecule has 7 heteroatoms. The highest BCUT2D eigenvalue weighted by Crippen LogP contribution is 2.21. The molecular formula is C20H19BrFNO4. The Morgan fingerprint density at radius 3 is 2.41 bits per heavy atom. The quantitative estimate of drug-likeness (QED) is 0.521. The van der Waals surface area contributed by atoms with E-state index in [9.17, 15) is 18.8 Å². The summed E-state index contributed by atoms with van der Waals surface area (Å²) in [4.78, 5) is 36.2. The molecule has 5 nitrogen and oxygen atoms in total. The second kappa shape index (κ2) is 9.41. The third-order valence-electron chi connectivity index (χ3n) is 4.03. The highest BCUT2D eigenvalue weighted by atomic mass is 79.9. The lowest BCUT2D eigenvalue weighted by atomic mass is 10.0. The van der Waals surface area contributed by atoms with Crippen molar-refractivity contribution in [3.05, 3.63) is 69.4 Å². The fourth-order valence-electron chi connectivity index (χ4n) is 2.51. The monoisotopic (exact) mass is 435 g/mol. The molecule has 142 valence electrons. The van der Waals surface area contributed by atoms with Crippen LogP contribution in [-0.2, 0) is 9.53 Å². The maximum Gasteiger partial charge on any atom is 0.307 e. The molecule has 0 aliphatic rings. The summed E-state index contributed by atoms with van der Waals surface area (Å²) < 4.78 is 19.4. The van der Waals surface area contributed by atoms with Gasteiger partial charge in [-0.25, -0.2) is 4.39 Å². The van der Waals surface area contributed by atoms with Gasteiger partial charge in [0.1, 0.15) is 5.82 Å². The van der Waals surface area contributed by atoms with E-state index in [4.69, 9.17) is 4.74 Å². The van der Waals surface area contributed by atoms with E-state index in [0.29, 0.717) is 5.56 Å². The van der Waals surface area contributed by atoms with E-state index < -0.39 is 23.7 Å². The van der Waals surface area contributed by atoms with Crippen LogP contribution in [0, 0.1) is 5.82 Å². The molecule has 0 aliphatic heterocycles. The molecule has 1 amide bonds. The number of halogens is 2. The second-order valence-electron chi connectivity index (χ2n) is 5.83. The van der Waals surface area contributed by atoms with E-state index in [2.05, 4.69) is 21.2 Å². The SMILES string of the molecule is CCC(=O)c1cc(C(=O)N[C@H](CC(=O)OC)c2ccc(Br)cc2)ccc1F. The van der Waals surface area contributed by atoms with Crippen LogP contribution in [0.15, 0.2) is 46.9 Å². The first-order valence-electron chi connectivity index (χ1n) is 8.31. The largest absolute Gasteiger partial charge is 0.469 e. The Morgan fingerprint density at radius 1 is 1.15 bits per heavy atom. The summed E-state index contributed by atoms with van der Waals surface area (Å²) in [5, 5.41) is 2.75. The van der Waals surface area contributed by atoms with E-state index in [1.54, 1.807) is 31.2 Å². The zero-order valence-electron chi connectivity index (χ0n) is 14.9. The van der Waals surface area contributed by atoms with E-state index >= 15 is 0 Å². The Morgan fingerprint density at radius 2 is 1.81 bits per heavy atom. The van der Waals surface area contributed by atoms with E-state index in [1.807, 2.05) is 0 Å². The van der Waals surface area contributed by atoms with Crippen LogP contribution in [0.2, 0.25) is 0 Å². The van der Waals surface area contributed by atoms with Crippen LogP contribution >= 0.6 is 15.9 Å². The van der Waals surface area contributed by atoms with Crippen molar-refractivity contribution in [1.29, 1.82) is 0 Å². The first kappa shape index (κ1) is 20.8. The number of nitrogens with one attached hydrogen (secondary N) is 1. The summed E-state index contributed by atoms with van der Waals surface area (Å²) in [7, 11) is 1.27. The average molecular weight is 436 g/mol. The fraction of sp³-hybridized carbons (Fsp3) is 0.250. The predicted octanol–water partition coefficient (Wildman–Crippen LogP) is 4.22. The van der Waals surface area contributed by atoms with Crippen molar-refractivity contribution in [2.45, 2.75) is 25.8 Å². The molecule has 0 saturated heterocycles. The lowest BCUT2D eigenvalue weighted by molar-refractivity contribution is -0.141. The number of methoxy groups -OCH3 is 1. The molecule has 0 bridgehead atoms. The van der Waals surface area contributed by atoms with Gasteiger partial charge in [-0.2, -0.15) is 0 Å². The normalized spacial score (nSPS) is 11.6. The molecule has 0 fully saturated rings. The van der Waals surface area contributed by atoms with Crippen molar-refractivity contribution < 1.29 is 23.5 Å². The minimum Gasteiger partial charge on any atom is -0.469 e. The summed E-state index contributed by atoms with van der Waals surface area (Å²) in [6, 6.07) is 10.1. The molecule has 0 saturated carbocycles. The van der Waals surface area contributed by atoms with Crippen LogP contribution in [0.4, 0.5) is 4.39 Å². The Hall–Kier alpha value is -2.54. The van der Waals surface area contributed by atoms with E-state index in [0.717, 1.165) is 10.5 Å². The maximum absolute atomic E-state index is 13.8. The molecule has 1 atom stereocenters. The number of benzene rings is 2. The average Bonchev–Trinajstić information content (AvgIpc) is 2.67. The van der Waals surface area contributed by atoms with Gasteiger partial charge in [-0.3, -0.25) is 14.4 Å². The van der Waals surface area contributed by atoms with Crippen molar-refractivity contribution in [3.8, 4) is 0 Å². The number of hydrogen-bond acceptors (Lipinski definition) is 4. The predicted molar refractivity (Wildman–Crippen MR) is 102 cm³/mol. The smallest absolute Gasteiger partial charge is 0.307 e. The Bertz CT molecular complexity index is 852. The van der Waals surface area contributed by atoms with Gasteiger partial charge in [-0.15, -0.1) is 0 Å². The molecule has 0 spiro atoms. The van der Waals surface area contributed by atoms with Crippen LogP contribution in [-0.4, -0.2) is 24.8 Å². The minimum atomic E-state index is -0.669. The molecule has 0 unspecified atom stereocenters. The zero-order valence-corrected chi connectivity index (χ0v) is 16.5. The third kappa shape index (κ3) is 5.47. The number of rotatable bonds is 7. The summed E-state index contributed by atoms with van der Waals surface area (Å²) >= 11 is 3.34. The highest BCUT2D eigenvalue weighted by molar-refractivity contribution is 9.10. The number of ether oxygens (including phenoxy) is 1. The van der Waals surface area contributed by atoms with E-state index in [1.165, 1.54) is 19.2 Å². The van der Waals surface area contributed by atoms with Gasteiger partial charge in [0.25, 0.3) is 5.91 Å². The molecule has 0 radical (unpaired) electrons. The topological polar surface area (TPSA) is 72.5 Å². The van der Waals surface area contributed by atoms with Gasteiger partial charge in [0.15, 0.2) is 5.78 Å². The third-order valence-corrected chi connectivity index (χ3v) is 4.55. The molecule has 2 rings (SSSR count). The Kier molecular flexibility index (Phi) is 7.24. The van der Waals surface area contributed by atoms with Crippen molar-refractivity contribution in [2.24, 2.45) is 0 Å². The van der Waals surface area contributed by atoms with Crippen LogP contribution in [0.3, 0.4) is 0 Å². The van der Waals surface area contributed by atoms with Crippen molar-refractivity contribution >= 4 is 33.6 Å². The summed E-state index contributed by atoms with van der Waals surface area (Å²) in [6.45, 7) is 1.62. The fourth-order valence-corrected chi connectivity index (χ4v) is 2.77. The molecule has 0 aliphatic carbocycles. The van der Waals surface area contributed by atoms with Crippen LogP contribution < -0.4 is 5.32 Å². The second-order valence-corrected chi connectivity index (χ2v) is 6.74. The standard InChI is InChI=1S/C20H19BrFNO4/c1-3-18(24)15-10-13(6-9-16(15)22)20(26)23-17(11-19(25)27-2)12-4-7-14(21)8-5-12/h4-10,17H,3,11H2,1-2H3,(H,23,26)/t17-/m1/s1. The van der Waals surface area contributed by atoms with Crippen molar-refractivity contribution in [3.63, 3.8) is 0 Å². The Balaban J connectivity index is 2.28. The van der Waals surface area contributed by atoms with Crippen molar-refractivity contribution in [2.75, 3.05) is 7.11 Å². The number of ketones is 1. The number of hydrogen-bond donors (Lipinski definition) is 1. The number of amides is 1. The number of esters is 1. The van der Waals surface area contributed by atoms with Crippen molar-refractivity contribution in [1.82, 2.24) is 5.32 Å². The van der Waals surface area contributed by atoms with Gasteiger partial charge in [0.05, 0.1) is 25.1 Å². The minimum absolute atomic E-state index is 0.0637. The maximum atomic E-state index is 13.8. The summed E-state index contributed by atoms with van der Waals surface area (Å²) in [5.74, 6) is -2.06. The molecule has 2 aromatic carbocycles. The van der Waals surface area contributed by atoms with Gasteiger partial charge in [0.2, 0.25) is 0 Å². The molecule has 27 heavy (non-hydrogen) atoms. The van der Waals surface area contributed by atoms with Gasteiger partial charge < -0.3 is 10.1 Å². The van der Waals surface area contributed by atoms with Gasteiger partial charge >= 0.3 is 5.97 Å². The Labute approximate surface area is 165 Å². The zero-order chi connectivity index (χ0) is 20.0. The number of Topliss-reactive ketones (excluding diaryl/α,β-unsaturated/α-hetero) is 1. The van der Waals surface area contributed by atoms with Crippen LogP contribution in [0.1, 0.15) is 52.1 Å².